The molecule has 2 saturated heterocycles. The molecule has 5 rings (SSSR count). The fourth-order valence-electron chi connectivity index (χ4n) is 5.75. The van der Waals surface area contributed by atoms with Gasteiger partial charge in [-0.1, -0.05) is 36.4 Å². The molecule has 0 aliphatic carbocycles. The molecule has 3 atom stereocenters. The summed E-state index contributed by atoms with van der Waals surface area (Å²) in [5.41, 5.74) is 5.72. The monoisotopic (exact) mass is 633 g/mol. The molecule has 46 heavy (non-hydrogen) atoms. The number of anilines is 2. The number of hydroxylamine groups is 1. The van der Waals surface area contributed by atoms with Gasteiger partial charge < -0.3 is 24.8 Å². The molecule has 3 unspecified atom stereocenters. The topological polar surface area (TPSA) is 167 Å². The Hall–Kier alpha value is -4.40. The zero-order valence-electron chi connectivity index (χ0n) is 25.4. The maximum Gasteiger partial charge on any atom is 0.269 e. The highest BCUT2D eigenvalue weighted by Gasteiger charge is 2.34. The summed E-state index contributed by atoms with van der Waals surface area (Å²) in [6, 6.07) is 21.7. The molecule has 0 bridgehead atoms. The van der Waals surface area contributed by atoms with E-state index in [0.717, 1.165) is 48.6 Å². The molecule has 13 heteroatoms. The third-order valence-electron chi connectivity index (χ3n) is 8.25. The van der Waals surface area contributed by atoms with Gasteiger partial charge in [0.2, 0.25) is 11.8 Å². The Kier molecular flexibility index (Phi) is 11.3. The number of hydrogen-bond acceptors (Lipinski definition) is 10. The molecule has 2 heterocycles. The summed E-state index contributed by atoms with van der Waals surface area (Å²) >= 11 is 0. The van der Waals surface area contributed by atoms with Gasteiger partial charge >= 0.3 is 0 Å². The average molecular weight is 634 g/mol. The molecule has 2 aliphatic heterocycles. The van der Waals surface area contributed by atoms with Gasteiger partial charge in [-0.2, -0.15) is 0 Å². The Labute approximate surface area is 266 Å². The highest BCUT2D eigenvalue weighted by molar-refractivity contribution is 5.91. The van der Waals surface area contributed by atoms with Crippen LogP contribution in [0.3, 0.4) is 0 Å². The highest BCUT2D eigenvalue weighted by atomic mass is 16.7. The lowest BCUT2D eigenvalue weighted by Crippen LogP contribution is -2.49. The van der Waals surface area contributed by atoms with Crippen molar-refractivity contribution in [3.8, 4) is 0 Å². The molecule has 0 spiro atoms. The summed E-state index contributed by atoms with van der Waals surface area (Å²) in [5.74, 6) is -0.788. The Morgan fingerprint density at radius 3 is 2.30 bits per heavy atom. The van der Waals surface area contributed by atoms with E-state index in [-0.39, 0.29) is 43.3 Å². The van der Waals surface area contributed by atoms with Crippen molar-refractivity contribution in [2.24, 2.45) is 0 Å². The number of nitro groups is 1. The fourth-order valence-corrected chi connectivity index (χ4v) is 5.75. The first-order chi connectivity index (χ1) is 22.3. The number of nitrogens with zero attached hydrogens (tertiary/aromatic N) is 3. The lowest BCUT2D eigenvalue weighted by atomic mass is 9.99. The van der Waals surface area contributed by atoms with Gasteiger partial charge in [-0.25, -0.2) is 5.48 Å². The van der Waals surface area contributed by atoms with Gasteiger partial charge in [0.25, 0.3) is 5.69 Å². The standard InChI is InChI=1S/C33H39N5O8/c39-22-23-7-9-24(10-8-23)30-20-29(21-36-15-17-37(18-16-36)27-11-13-28(14-12-27)38(43)44)45-33(46-30)25-3-1-4-26(19-25)34-31(40)5-2-6-32(41)35-42/h1,3-4,7-14,19,29-30,33,39,42H,2,5-6,15-18,20-22H2,(H,34,40)(H,35,41). The van der Waals surface area contributed by atoms with Crippen LogP contribution >= 0.6 is 0 Å². The molecule has 0 radical (unpaired) electrons. The number of carbonyl (C=O) groups excluding carboxylic acids is 2. The zero-order chi connectivity index (χ0) is 32.5. The van der Waals surface area contributed by atoms with Gasteiger partial charge in [-0.15, -0.1) is 0 Å². The lowest BCUT2D eigenvalue weighted by Gasteiger charge is -2.41. The second-order valence-corrected chi connectivity index (χ2v) is 11.5. The first-order valence-corrected chi connectivity index (χ1v) is 15.4. The number of hydrogen-bond donors (Lipinski definition) is 4. The molecule has 3 aromatic carbocycles. The number of carbonyl (C=O) groups is 2. The molecule has 4 N–H and O–H groups in total. The maximum absolute atomic E-state index is 12.5. The van der Waals surface area contributed by atoms with E-state index < -0.39 is 17.1 Å². The van der Waals surface area contributed by atoms with Crippen molar-refractivity contribution in [2.75, 3.05) is 42.9 Å². The van der Waals surface area contributed by atoms with Crippen molar-refractivity contribution in [1.82, 2.24) is 10.4 Å². The molecular weight excluding hydrogens is 594 g/mol. The van der Waals surface area contributed by atoms with Crippen LogP contribution in [0, 0.1) is 10.1 Å². The third kappa shape index (κ3) is 8.86. The molecule has 13 nitrogen and oxygen atoms in total. The van der Waals surface area contributed by atoms with E-state index in [4.69, 9.17) is 14.7 Å². The smallest absolute Gasteiger partial charge is 0.269 e. The summed E-state index contributed by atoms with van der Waals surface area (Å²) in [5, 5.41) is 32.0. The zero-order valence-corrected chi connectivity index (χ0v) is 25.4. The second kappa shape index (κ2) is 15.7. The van der Waals surface area contributed by atoms with Crippen LogP contribution < -0.4 is 15.7 Å². The summed E-state index contributed by atoms with van der Waals surface area (Å²) in [7, 11) is 0. The average Bonchev–Trinajstić information content (AvgIpc) is 3.08. The van der Waals surface area contributed by atoms with Crippen LogP contribution in [0.5, 0.6) is 0 Å². The molecule has 0 aromatic heterocycles. The second-order valence-electron chi connectivity index (χ2n) is 11.5. The molecule has 244 valence electrons. The number of amides is 2. The van der Waals surface area contributed by atoms with Crippen molar-refractivity contribution in [3.05, 3.63) is 99.6 Å². The SMILES string of the molecule is O=C(CCCC(=O)Nc1cccc(C2OC(CN3CCN(c4ccc([N+](=O)[O-])cc4)CC3)CC(c3ccc(CO)cc3)O2)c1)NO. The number of non-ortho nitro benzene ring substituents is 1. The van der Waals surface area contributed by atoms with E-state index in [1.54, 1.807) is 23.7 Å². The maximum atomic E-state index is 12.5. The number of benzene rings is 3. The van der Waals surface area contributed by atoms with Crippen molar-refractivity contribution in [1.29, 1.82) is 0 Å². The third-order valence-corrected chi connectivity index (χ3v) is 8.25. The summed E-state index contributed by atoms with van der Waals surface area (Å²) in [4.78, 5) is 38.9. The van der Waals surface area contributed by atoms with E-state index in [1.165, 1.54) is 12.1 Å². The van der Waals surface area contributed by atoms with E-state index in [2.05, 4.69) is 15.1 Å². The van der Waals surface area contributed by atoms with Crippen molar-refractivity contribution in [2.45, 2.75) is 50.8 Å². The molecule has 3 aromatic rings. The number of aliphatic hydroxyl groups excluding tert-OH is 1. The van der Waals surface area contributed by atoms with Gasteiger partial charge in [0.15, 0.2) is 6.29 Å². The fraction of sp³-hybridized carbons (Fsp3) is 0.394. The minimum atomic E-state index is -0.687. The number of piperazine rings is 1. The van der Waals surface area contributed by atoms with Gasteiger partial charge in [-0.3, -0.25) is 29.8 Å². The molecule has 2 fully saturated rings. The van der Waals surface area contributed by atoms with Crippen LogP contribution in [-0.4, -0.2) is 70.8 Å². The summed E-state index contributed by atoms with van der Waals surface area (Å²) < 4.78 is 13.0. The number of ether oxygens (including phenoxy) is 2. The normalized spacial score (nSPS) is 20.2. The Balaban J connectivity index is 1.24. The van der Waals surface area contributed by atoms with Gasteiger partial charge in [0.05, 0.1) is 23.7 Å². The quantitative estimate of drug-likeness (QED) is 0.130. The highest BCUT2D eigenvalue weighted by Crippen LogP contribution is 2.39. The van der Waals surface area contributed by atoms with E-state index in [1.807, 2.05) is 42.5 Å². The predicted molar refractivity (Wildman–Crippen MR) is 169 cm³/mol. The molecule has 2 aliphatic rings. The Morgan fingerprint density at radius 1 is 0.913 bits per heavy atom. The predicted octanol–water partition coefficient (Wildman–Crippen LogP) is 4.07. The Bertz CT molecular complexity index is 1480. The Morgan fingerprint density at radius 2 is 1.63 bits per heavy atom. The molecular formula is C33H39N5O8. The van der Waals surface area contributed by atoms with Gasteiger partial charge in [0, 0.05) is 81.1 Å². The van der Waals surface area contributed by atoms with Crippen molar-refractivity contribution in [3.63, 3.8) is 0 Å². The van der Waals surface area contributed by atoms with E-state index in [0.29, 0.717) is 25.1 Å². The first kappa shape index (κ1) is 33.0. The summed E-state index contributed by atoms with van der Waals surface area (Å²) in [6.45, 7) is 3.82. The minimum Gasteiger partial charge on any atom is -0.392 e. The van der Waals surface area contributed by atoms with E-state index in [9.17, 15) is 24.8 Å². The minimum absolute atomic E-state index is 0.0425. The van der Waals surface area contributed by atoms with Crippen LogP contribution in [0.2, 0.25) is 0 Å². The first-order valence-electron chi connectivity index (χ1n) is 15.4. The number of rotatable bonds is 12. The lowest BCUT2D eigenvalue weighted by molar-refractivity contribution is -0.384. The van der Waals surface area contributed by atoms with Crippen molar-refractivity contribution >= 4 is 28.9 Å². The number of aliphatic hydroxyl groups is 1. The van der Waals surface area contributed by atoms with Crippen LogP contribution in [0.4, 0.5) is 17.1 Å². The van der Waals surface area contributed by atoms with Crippen LogP contribution in [0.25, 0.3) is 0 Å². The summed E-state index contributed by atoms with van der Waals surface area (Å²) in [6.07, 6.45) is 0.00841. The van der Waals surface area contributed by atoms with Gasteiger partial charge in [0.1, 0.15) is 0 Å². The van der Waals surface area contributed by atoms with Crippen LogP contribution in [0.15, 0.2) is 72.8 Å². The van der Waals surface area contributed by atoms with Crippen LogP contribution in [-0.2, 0) is 25.7 Å². The largest absolute Gasteiger partial charge is 0.392 e. The van der Waals surface area contributed by atoms with Crippen LogP contribution in [0.1, 0.15) is 54.8 Å². The number of nitro benzene ring substituents is 1. The number of nitrogens with one attached hydrogen (secondary N) is 2. The molecule has 0 saturated carbocycles. The molecule has 2 amide bonds. The van der Waals surface area contributed by atoms with E-state index >= 15 is 0 Å². The van der Waals surface area contributed by atoms with Gasteiger partial charge in [-0.05, 0) is 41.8 Å². The van der Waals surface area contributed by atoms with Crippen molar-refractivity contribution < 1.29 is 34.3 Å².